The van der Waals surface area contributed by atoms with Gasteiger partial charge in [0.15, 0.2) is 0 Å². The van der Waals surface area contributed by atoms with E-state index in [4.69, 9.17) is 9.47 Å². The third-order valence-corrected chi connectivity index (χ3v) is 3.40. The van der Waals surface area contributed by atoms with E-state index in [9.17, 15) is 4.79 Å². The zero-order chi connectivity index (χ0) is 16.3. The average Bonchev–Trinajstić information content (AvgIpc) is 2.37. The van der Waals surface area contributed by atoms with Crippen LogP contribution in [0.25, 0.3) is 0 Å². The van der Waals surface area contributed by atoms with E-state index < -0.39 is 0 Å². The minimum absolute atomic E-state index is 0.0188. The van der Waals surface area contributed by atoms with E-state index in [0.717, 1.165) is 12.8 Å². The van der Waals surface area contributed by atoms with Gasteiger partial charge in [0.25, 0.3) is 0 Å². The monoisotopic (exact) mass is 296 g/mol. The zero-order valence-electron chi connectivity index (χ0n) is 14.5. The van der Waals surface area contributed by atoms with Crippen LogP contribution in [0.15, 0.2) is 24.3 Å². The van der Waals surface area contributed by atoms with Crippen molar-refractivity contribution >= 4 is 5.97 Å². The number of ether oxygens (including phenoxy) is 2. The van der Waals surface area contributed by atoms with Crippen LogP contribution < -0.4 is 0 Å². The van der Waals surface area contributed by atoms with Crippen molar-refractivity contribution in [2.75, 3.05) is 7.11 Å². The van der Waals surface area contributed by atoms with Crippen molar-refractivity contribution < 1.29 is 14.3 Å². The lowest BCUT2D eigenvalue weighted by Crippen LogP contribution is -2.22. The minimum Gasteiger partial charge on any atom is -0.460 e. The summed E-state index contributed by atoms with van der Waals surface area (Å²) in [5.74, 6) is 0.356. The molecule has 3 heteroatoms. The Balaban J connectivity index is 3.82. The van der Waals surface area contributed by atoms with E-state index in [-0.39, 0.29) is 17.7 Å². The molecule has 0 amide bonds. The maximum absolute atomic E-state index is 11.3. The number of allylic oxidation sites excluding steroid dienone is 3. The largest absolute Gasteiger partial charge is 0.460 e. The summed E-state index contributed by atoms with van der Waals surface area (Å²) in [6, 6.07) is 0. The molecule has 0 saturated carbocycles. The summed E-state index contributed by atoms with van der Waals surface area (Å²) >= 11 is 0. The molecule has 0 aromatic rings. The Kier molecular flexibility index (Phi) is 10.1. The number of hydrogen-bond acceptors (Lipinski definition) is 3. The molecule has 3 nitrogen and oxygen atoms in total. The lowest BCUT2D eigenvalue weighted by Gasteiger charge is -2.23. The molecule has 0 radical (unpaired) electrons. The van der Waals surface area contributed by atoms with Crippen molar-refractivity contribution in [3.63, 3.8) is 0 Å². The first-order valence-electron chi connectivity index (χ1n) is 7.86. The summed E-state index contributed by atoms with van der Waals surface area (Å²) in [6.45, 7) is 10.2. The summed E-state index contributed by atoms with van der Waals surface area (Å²) in [5.41, 5.74) is -0.0188. The molecule has 0 aliphatic heterocycles. The number of rotatable bonds is 10. The Morgan fingerprint density at radius 1 is 1.19 bits per heavy atom. The lowest BCUT2D eigenvalue weighted by molar-refractivity contribution is -0.141. The standard InChI is InChI=1S/C18H32O3/c1-15(2)21-17(19)13-9-7-8-11-16(3)12-10-14-18(4,5)20-6/h7-9,13,15-16H,10-12,14H2,1-6H3. The topological polar surface area (TPSA) is 35.5 Å². The quantitative estimate of drug-likeness (QED) is 0.334. The summed E-state index contributed by atoms with van der Waals surface area (Å²) in [7, 11) is 1.77. The summed E-state index contributed by atoms with van der Waals surface area (Å²) in [4.78, 5) is 11.3. The molecule has 0 aliphatic rings. The normalized spacial score (nSPS) is 14.2. The molecule has 1 atom stereocenters. The second-order valence-corrected chi connectivity index (χ2v) is 6.47. The molecule has 0 saturated heterocycles. The Labute approximate surface area is 130 Å². The van der Waals surface area contributed by atoms with Gasteiger partial charge in [-0.1, -0.05) is 38.0 Å². The Bertz CT molecular complexity index is 340. The van der Waals surface area contributed by atoms with E-state index in [2.05, 4.69) is 26.8 Å². The number of esters is 1. The van der Waals surface area contributed by atoms with Gasteiger partial charge in [0.1, 0.15) is 0 Å². The molecule has 122 valence electrons. The van der Waals surface area contributed by atoms with Gasteiger partial charge in [-0.3, -0.25) is 0 Å². The summed E-state index contributed by atoms with van der Waals surface area (Å²) in [5, 5.41) is 0. The van der Waals surface area contributed by atoms with Crippen LogP contribution in [0, 0.1) is 5.92 Å². The van der Waals surface area contributed by atoms with Gasteiger partial charge in [-0.05, 0) is 46.5 Å². The summed E-state index contributed by atoms with van der Waals surface area (Å²) in [6.07, 6.45) is 11.6. The van der Waals surface area contributed by atoms with Crippen molar-refractivity contribution in [3.8, 4) is 0 Å². The van der Waals surface area contributed by atoms with Crippen molar-refractivity contribution in [1.29, 1.82) is 0 Å². The third-order valence-electron chi connectivity index (χ3n) is 3.40. The highest BCUT2D eigenvalue weighted by Crippen LogP contribution is 2.20. The number of hydrogen-bond donors (Lipinski definition) is 0. The Hall–Kier alpha value is -1.09. The molecule has 0 N–H and O–H groups in total. The molecule has 0 aromatic heterocycles. The molecule has 1 unspecified atom stereocenters. The predicted molar refractivity (Wildman–Crippen MR) is 88.2 cm³/mol. The Morgan fingerprint density at radius 2 is 1.86 bits per heavy atom. The molecule has 0 rings (SSSR count). The zero-order valence-corrected chi connectivity index (χ0v) is 14.5. The molecule has 0 aromatic carbocycles. The van der Waals surface area contributed by atoms with Crippen LogP contribution in [-0.4, -0.2) is 24.8 Å². The van der Waals surface area contributed by atoms with Crippen LogP contribution in [0.5, 0.6) is 0 Å². The second-order valence-electron chi connectivity index (χ2n) is 6.47. The molecule has 0 heterocycles. The van der Waals surface area contributed by atoms with Gasteiger partial charge in [0.05, 0.1) is 11.7 Å². The molecule has 0 bridgehead atoms. The predicted octanol–water partition coefficient (Wildman–Crippen LogP) is 4.67. The van der Waals surface area contributed by atoms with Crippen LogP contribution in [0.1, 0.15) is 60.3 Å². The highest BCUT2D eigenvalue weighted by molar-refractivity contribution is 5.82. The van der Waals surface area contributed by atoms with Crippen molar-refractivity contribution in [1.82, 2.24) is 0 Å². The van der Waals surface area contributed by atoms with E-state index in [1.807, 2.05) is 19.9 Å². The van der Waals surface area contributed by atoms with E-state index in [0.29, 0.717) is 5.92 Å². The highest BCUT2D eigenvalue weighted by Gasteiger charge is 2.15. The second kappa shape index (κ2) is 10.6. The fourth-order valence-corrected chi connectivity index (χ4v) is 1.89. The van der Waals surface area contributed by atoms with Gasteiger partial charge in [-0.25, -0.2) is 4.79 Å². The van der Waals surface area contributed by atoms with E-state index >= 15 is 0 Å². The Morgan fingerprint density at radius 3 is 2.43 bits per heavy atom. The van der Waals surface area contributed by atoms with Crippen LogP contribution >= 0.6 is 0 Å². The van der Waals surface area contributed by atoms with Crippen LogP contribution in [0.2, 0.25) is 0 Å². The van der Waals surface area contributed by atoms with E-state index in [1.165, 1.54) is 18.9 Å². The van der Waals surface area contributed by atoms with Gasteiger partial charge in [0.2, 0.25) is 0 Å². The molecule has 21 heavy (non-hydrogen) atoms. The molecule has 0 aliphatic carbocycles. The first kappa shape index (κ1) is 19.9. The summed E-state index contributed by atoms with van der Waals surface area (Å²) < 4.78 is 10.4. The molecular weight excluding hydrogens is 264 g/mol. The fraction of sp³-hybridized carbons (Fsp3) is 0.722. The van der Waals surface area contributed by atoms with Gasteiger partial charge < -0.3 is 9.47 Å². The van der Waals surface area contributed by atoms with Gasteiger partial charge in [-0.2, -0.15) is 0 Å². The fourth-order valence-electron chi connectivity index (χ4n) is 1.89. The van der Waals surface area contributed by atoms with Gasteiger partial charge in [-0.15, -0.1) is 0 Å². The van der Waals surface area contributed by atoms with Crippen LogP contribution in [-0.2, 0) is 14.3 Å². The third kappa shape index (κ3) is 12.4. The minimum atomic E-state index is -0.288. The molecule has 0 spiro atoms. The van der Waals surface area contributed by atoms with Crippen LogP contribution in [0.3, 0.4) is 0 Å². The first-order chi connectivity index (χ1) is 9.76. The lowest BCUT2D eigenvalue weighted by atomic mass is 9.95. The highest BCUT2D eigenvalue weighted by atomic mass is 16.5. The maximum Gasteiger partial charge on any atom is 0.330 e. The van der Waals surface area contributed by atoms with Gasteiger partial charge >= 0.3 is 5.97 Å². The smallest absolute Gasteiger partial charge is 0.330 e. The SMILES string of the molecule is COC(C)(C)CCCC(C)CC=CC=CC(=O)OC(C)C. The number of carbonyl (C=O) groups is 1. The van der Waals surface area contributed by atoms with Crippen molar-refractivity contribution in [2.45, 2.75) is 72.0 Å². The van der Waals surface area contributed by atoms with E-state index in [1.54, 1.807) is 13.2 Å². The molecular formula is C18H32O3. The first-order valence-corrected chi connectivity index (χ1v) is 7.86. The maximum atomic E-state index is 11.3. The number of methoxy groups -OCH3 is 1. The average molecular weight is 296 g/mol. The number of carbonyl (C=O) groups excluding carboxylic acids is 1. The van der Waals surface area contributed by atoms with Crippen LogP contribution in [0.4, 0.5) is 0 Å². The van der Waals surface area contributed by atoms with Crippen molar-refractivity contribution in [3.05, 3.63) is 24.3 Å². The van der Waals surface area contributed by atoms with Gasteiger partial charge in [0, 0.05) is 13.2 Å². The molecule has 0 fully saturated rings. The van der Waals surface area contributed by atoms with Crippen molar-refractivity contribution in [2.24, 2.45) is 5.92 Å².